The minimum atomic E-state index is -1.07. The number of carboxylic acid groups (broad SMARTS) is 1. The van der Waals surface area contributed by atoms with Crippen LogP contribution in [0.1, 0.15) is 10.5 Å². The maximum absolute atomic E-state index is 10.9. The van der Waals surface area contributed by atoms with Crippen LogP contribution in [0.5, 0.6) is 5.75 Å². The molecule has 0 radical (unpaired) electrons. The first kappa shape index (κ1) is 14.8. The highest BCUT2D eigenvalue weighted by Gasteiger charge is 2.09. The van der Waals surface area contributed by atoms with Gasteiger partial charge in [-0.3, -0.25) is 0 Å². The maximum atomic E-state index is 10.9. The Morgan fingerprint density at radius 2 is 2.05 bits per heavy atom. The van der Waals surface area contributed by atoms with Crippen LogP contribution >= 0.6 is 31.9 Å². The van der Waals surface area contributed by atoms with E-state index >= 15 is 0 Å². The van der Waals surface area contributed by atoms with Gasteiger partial charge in [0, 0.05) is 10.5 Å². The third-order valence-corrected chi connectivity index (χ3v) is 3.75. The van der Waals surface area contributed by atoms with Crippen LogP contribution in [-0.2, 0) is 0 Å². The van der Waals surface area contributed by atoms with Gasteiger partial charge in [0.2, 0.25) is 0 Å². The number of aromatic carboxylic acids is 1. The van der Waals surface area contributed by atoms with E-state index in [4.69, 9.17) is 9.84 Å². The lowest BCUT2D eigenvalue weighted by molar-refractivity contribution is 0.0690. The van der Waals surface area contributed by atoms with E-state index in [1.54, 1.807) is 25.3 Å². The van der Waals surface area contributed by atoms with E-state index in [2.05, 4.69) is 42.2 Å². The van der Waals surface area contributed by atoms with Crippen molar-refractivity contribution < 1.29 is 14.6 Å². The van der Waals surface area contributed by atoms with Gasteiger partial charge < -0.3 is 15.2 Å². The second kappa shape index (κ2) is 6.23. The predicted octanol–water partition coefficient (Wildman–Crippen LogP) is 4.06. The predicted molar refractivity (Wildman–Crippen MR) is 82.9 cm³/mol. The van der Waals surface area contributed by atoms with Gasteiger partial charge in [0.15, 0.2) is 5.69 Å². The highest BCUT2D eigenvalue weighted by atomic mass is 79.9. The number of methoxy groups -OCH3 is 1. The van der Waals surface area contributed by atoms with Crippen LogP contribution < -0.4 is 10.1 Å². The number of aromatic nitrogens is 1. The number of rotatable bonds is 4. The second-order valence-corrected chi connectivity index (χ2v) is 5.51. The molecule has 2 rings (SSSR count). The van der Waals surface area contributed by atoms with Crippen molar-refractivity contribution in [2.24, 2.45) is 0 Å². The van der Waals surface area contributed by atoms with Crippen molar-refractivity contribution in [2.75, 3.05) is 12.4 Å². The van der Waals surface area contributed by atoms with Crippen LogP contribution in [0.15, 0.2) is 39.3 Å². The lowest BCUT2D eigenvalue weighted by Crippen LogP contribution is -2.03. The number of nitrogens with zero attached hydrogens (tertiary/aromatic N) is 1. The molecule has 0 bridgehead atoms. The molecule has 1 aromatic heterocycles. The molecule has 0 amide bonds. The fourth-order valence-corrected chi connectivity index (χ4v) is 2.80. The minimum Gasteiger partial charge on any atom is -0.495 e. The Labute approximate surface area is 132 Å². The number of halogens is 2. The molecule has 0 spiro atoms. The summed E-state index contributed by atoms with van der Waals surface area (Å²) in [6, 6.07) is 8.37. The molecular weight excluding hydrogens is 392 g/mol. The summed E-state index contributed by atoms with van der Waals surface area (Å²) >= 11 is 6.80. The van der Waals surface area contributed by atoms with E-state index in [9.17, 15) is 4.79 Å². The van der Waals surface area contributed by atoms with Crippen molar-refractivity contribution in [1.29, 1.82) is 0 Å². The van der Waals surface area contributed by atoms with Gasteiger partial charge in [0.05, 0.1) is 17.3 Å². The zero-order valence-electron chi connectivity index (χ0n) is 10.4. The number of carboxylic acids is 1. The Morgan fingerprint density at radius 1 is 1.30 bits per heavy atom. The van der Waals surface area contributed by atoms with Gasteiger partial charge in [0.1, 0.15) is 11.6 Å². The zero-order valence-corrected chi connectivity index (χ0v) is 13.5. The van der Waals surface area contributed by atoms with Gasteiger partial charge in [-0.15, -0.1) is 0 Å². The Balaban J connectivity index is 2.34. The first-order valence-electron chi connectivity index (χ1n) is 5.51. The fourth-order valence-electron chi connectivity index (χ4n) is 1.54. The highest BCUT2D eigenvalue weighted by Crippen LogP contribution is 2.35. The van der Waals surface area contributed by atoms with Crippen LogP contribution in [0.25, 0.3) is 0 Å². The van der Waals surface area contributed by atoms with Gasteiger partial charge in [-0.05, 0) is 50.1 Å². The Kier molecular flexibility index (Phi) is 4.61. The molecule has 0 aliphatic heterocycles. The lowest BCUT2D eigenvalue weighted by Gasteiger charge is -2.11. The molecule has 0 saturated heterocycles. The van der Waals surface area contributed by atoms with E-state index in [1.807, 2.05) is 6.07 Å². The van der Waals surface area contributed by atoms with Crippen LogP contribution in [0, 0.1) is 0 Å². The number of hydrogen-bond acceptors (Lipinski definition) is 4. The van der Waals surface area contributed by atoms with E-state index in [0.717, 1.165) is 14.6 Å². The first-order chi connectivity index (χ1) is 9.51. The van der Waals surface area contributed by atoms with E-state index in [0.29, 0.717) is 11.6 Å². The third-order valence-electron chi connectivity index (χ3n) is 2.47. The topological polar surface area (TPSA) is 71.5 Å². The van der Waals surface area contributed by atoms with Crippen molar-refractivity contribution in [3.05, 3.63) is 45.0 Å². The second-order valence-electron chi connectivity index (χ2n) is 3.80. The van der Waals surface area contributed by atoms with Crippen LogP contribution in [0.2, 0.25) is 0 Å². The largest absolute Gasteiger partial charge is 0.495 e. The maximum Gasteiger partial charge on any atom is 0.354 e. The summed E-state index contributed by atoms with van der Waals surface area (Å²) in [5.74, 6) is 0.0289. The number of pyridine rings is 1. The highest BCUT2D eigenvalue weighted by molar-refractivity contribution is 9.11. The van der Waals surface area contributed by atoms with Gasteiger partial charge in [-0.1, -0.05) is 6.07 Å². The molecule has 0 unspecified atom stereocenters. The molecule has 1 aromatic carbocycles. The number of hydrogen-bond donors (Lipinski definition) is 2. The fraction of sp³-hybridized carbons (Fsp3) is 0.0769. The summed E-state index contributed by atoms with van der Waals surface area (Å²) in [5.41, 5.74) is 0.704. The molecule has 1 heterocycles. The number of benzene rings is 1. The average molecular weight is 402 g/mol. The first-order valence-corrected chi connectivity index (χ1v) is 7.10. The van der Waals surface area contributed by atoms with Crippen molar-refractivity contribution in [3.63, 3.8) is 0 Å². The number of carbonyl (C=O) groups is 1. The van der Waals surface area contributed by atoms with Crippen LogP contribution in [0.4, 0.5) is 11.5 Å². The number of nitrogens with one attached hydrogen (secondary N) is 1. The molecule has 20 heavy (non-hydrogen) atoms. The standard InChI is InChI=1S/C13H10Br2N2O3/c1-20-11-6-10(7(14)5-8(11)15)17-12-4-2-3-9(16-12)13(18)19/h2-6H,1H3,(H,16,17)(H,18,19). The molecule has 104 valence electrons. The van der Waals surface area contributed by atoms with Gasteiger partial charge in [0.25, 0.3) is 0 Å². The van der Waals surface area contributed by atoms with Crippen molar-refractivity contribution >= 4 is 49.3 Å². The molecule has 5 nitrogen and oxygen atoms in total. The average Bonchev–Trinajstić information content (AvgIpc) is 2.42. The van der Waals surface area contributed by atoms with E-state index in [1.165, 1.54) is 6.07 Å². The third kappa shape index (κ3) is 3.29. The molecular formula is C13H10Br2N2O3. The summed E-state index contributed by atoms with van der Waals surface area (Å²) in [7, 11) is 1.57. The van der Waals surface area contributed by atoms with Crippen LogP contribution in [-0.4, -0.2) is 23.2 Å². The molecule has 0 saturated carbocycles. The van der Waals surface area contributed by atoms with E-state index < -0.39 is 5.97 Å². The summed E-state index contributed by atoms with van der Waals surface area (Å²) in [5, 5.41) is 12.0. The van der Waals surface area contributed by atoms with Crippen molar-refractivity contribution in [3.8, 4) is 5.75 Å². The Hall–Kier alpha value is -1.60. The SMILES string of the molecule is COc1cc(Nc2cccc(C(=O)O)n2)c(Br)cc1Br. The molecule has 2 N–H and O–H groups in total. The molecule has 2 aromatic rings. The summed E-state index contributed by atoms with van der Waals surface area (Å²) < 4.78 is 6.83. The lowest BCUT2D eigenvalue weighted by atomic mass is 10.3. The minimum absolute atomic E-state index is 0.0183. The molecule has 0 fully saturated rings. The zero-order chi connectivity index (χ0) is 14.7. The number of ether oxygens (including phenoxy) is 1. The van der Waals surface area contributed by atoms with Gasteiger partial charge in [-0.2, -0.15) is 0 Å². The Bertz CT molecular complexity index is 662. The smallest absolute Gasteiger partial charge is 0.354 e. The van der Waals surface area contributed by atoms with Gasteiger partial charge >= 0.3 is 5.97 Å². The molecule has 0 aliphatic rings. The van der Waals surface area contributed by atoms with E-state index in [-0.39, 0.29) is 5.69 Å². The van der Waals surface area contributed by atoms with Crippen molar-refractivity contribution in [2.45, 2.75) is 0 Å². The quantitative estimate of drug-likeness (QED) is 0.808. The summed E-state index contributed by atoms with van der Waals surface area (Å²) in [6.45, 7) is 0. The molecule has 0 atom stereocenters. The molecule has 0 aliphatic carbocycles. The number of anilines is 2. The normalized spacial score (nSPS) is 10.2. The monoisotopic (exact) mass is 400 g/mol. The summed E-state index contributed by atoms with van der Waals surface area (Å²) in [4.78, 5) is 14.9. The van der Waals surface area contributed by atoms with Crippen molar-refractivity contribution in [1.82, 2.24) is 4.98 Å². The molecule has 7 heteroatoms. The van der Waals surface area contributed by atoms with Gasteiger partial charge in [-0.25, -0.2) is 9.78 Å². The summed E-state index contributed by atoms with van der Waals surface area (Å²) in [6.07, 6.45) is 0. The Morgan fingerprint density at radius 3 is 2.70 bits per heavy atom. The van der Waals surface area contributed by atoms with Crippen LogP contribution in [0.3, 0.4) is 0 Å².